The maximum absolute atomic E-state index is 8.42. The SMILES string of the molecule is [2H]C([2H])([2H])c1nc2ccccc2n1-c1ccccc1-c1c2ccccc2c(-c2cccc3sc4ccccc4c23)c2ccccc12. The zero-order valence-corrected chi connectivity index (χ0v) is 23.9. The minimum atomic E-state index is -2.40. The first-order valence-corrected chi connectivity index (χ1v) is 15.2. The zero-order valence-electron chi connectivity index (χ0n) is 26.1. The molecule has 0 aliphatic heterocycles. The quantitative estimate of drug-likeness (QED) is 0.194. The van der Waals surface area contributed by atoms with Crippen molar-refractivity contribution in [3.63, 3.8) is 0 Å². The van der Waals surface area contributed by atoms with Crippen LogP contribution in [0.15, 0.2) is 140 Å². The van der Waals surface area contributed by atoms with Crippen LogP contribution in [-0.4, -0.2) is 9.55 Å². The third-order valence-corrected chi connectivity index (χ3v) is 9.71. The molecular weight excluding hydrogens is 541 g/mol. The summed E-state index contributed by atoms with van der Waals surface area (Å²) < 4.78 is 29.6. The van der Waals surface area contributed by atoms with Crippen molar-refractivity contribution in [2.45, 2.75) is 6.85 Å². The molecule has 202 valence electrons. The van der Waals surface area contributed by atoms with Crippen LogP contribution in [0.2, 0.25) is 0 Å². The van der Waals surface area contributed by atoms with Crippen molar-refractivity contribution in [3.8, 4) is 27.9 Å². The van der Waals surface area contributed by atoms with E-state index < -0.39 is 6.85 Å². The summed E-state index contributed by atoms with van der Waals surface area (Å²) in [6.07, 6.45) is 0. The molecule has 2 nitrogen and oxygen atoms in total. The molecule has 0 radical (unpaired) electrons. The number of imidazole rings is 1. The first kappa shape index (κ1) is 21.5. The monoisotopic (exact) mass is 569 g/mol. The zero-order chi connectivity index (χ0) is 31.0. The van der Waals surface area contributed by atoms with Gasteiger partial charge in [-0.3, -0.25) is 4.57 Å². The number of nitrogens with zero attached hydrogens (tertiary/aromatic N) is 2. The topological polar surface area (TPSA) is 17.8 Å². The summed E-state index contributed by atoms with van der Waals surface area (Å²) in [7, 11) is 0. The van der Waals surface area contributed by atoms with Gasteiger partial charge < -0.3 is 0 Å². The molecule has 2 heterocycles. The Kier molecular flexibility index (Phi) is 4.68. The maximum atomic E-state index is 8.42. The number of fused-ring (bicyclic) bond motifs is 6. The molecule has 0 unspecified atom stereocenters. The van der Waals surface area contributed by atoms with Crippen molar-refractivity contribution in [2.75, 3.05) is 0 Å². The second-order valence-corrected chi connectivity index (χ2v) is 12.0. The average molecular weight is 570 g/mol. The number of rotatable bonds is 3. The fourth-order valence-corrected chi connectivity index (χ4v) is 7.97. The van der Waals surface area contributed by atoms with Gasteiger partial charge >= 0.3 is 0 Å². The molecule has 0 N–H and O–H groups in total. The Morgan fingerprint density at radius 3 is 1.84 bits per heavy atom. The van der Waals surface area contributed by atoms with Crippen LogP contribution >= 0.6 is 11.3 Å². The smallest absolute Gasteiger partial charge is 0.111 e. The van der Waals surface area contributed by atoms with Crippen molar-refractivity contribution >= 4 is 64.1 Å². The third kappa shape index (κ3) is 3.55. The van der Waals surface area contributed by atoms with Gasteiger partial charge in [-0.05, 0) is 75.4 Å². The Labute approximate surface area is 257 Å². The van der Waals surface area contributed by atoms with E-state index in [2.05, 4.69) is 102 Å². The summed E-state index contributed by atoms with van der Waals surface area (Å²) in [5, 5.41) is 7.07. The Balaban J connectivity index is 1.43. The molecule has 9 aromatic rings. The van der Waals surface area contributed by atoms with Crippen LogP contribution in [0.1, 0.15) is 9.94 Å². The van der Waals surface area contributed by atoms with E-state index in [4.69, 9.17) is 4.11 Å². The van der Waals surface area contributed by atoms with E-state index in [1.165, 1.54) is 31.3 Å². The molecule has 0 fully saturated rings. The van der Waals surface area contributed by atoms with Crippen LogP contribution in [0.25, 0.3) is 80.7 Å². The lowest BCUT2D eigenvalue weighted by Crippen LogP contribution is -2.00. The third-order valence-electron chi connectivity index (χ3n) is 8.58. The summed E-state index contributed by atoms with van der Waals surface area (Å²) in [5.74, 6) is 0.0578. The molecule has 2 aromatic heterocycles. The highest BCUT2D eigenvalue weighted by molar-refractivity contribution is 7.25. The van der Waals surface area contributed by atoms with Crippen LogP contribution in [0, 0.1) is 6.85 Å². The highest BCUT2D eigenvalue weighted by atomic mass is 32.1. The van der Waals surface area contributed by atoms with Crippen LogP contribution in [0.4, 0.5) is 0 Å². The lowest BCUT2D eigenvalue weighted by Gasteiger charge is -2.20. The van der Waals surface area contributed by atoms with Gasteiger partial charge in [0.05, 0.1) is 16.7 Å². The molecule has 43 heavy (non-hydrogen) atoms. The van der Waals surface area contributed by atoms with Crippen molar-refractivity contribution in [3.05, 3.63) is 145 Å². The normalized spacial score (nSPS) is 13.2. The number of hydrogen-bond acceptors (Lipinski definition) is 2. The first-order chi connectivity index (χ1) is 22.5. The van der Waals surface area contributed by atoms with Crippen molar-refractivity contribution in [1.29, 1.82) is 0 Å². The lowest BCUT2D eigenvalue weighted by molar-refractivity contribution is 1.00. The Morgan fingerprint density at radius 2 is 1.09 bits per heavy atom. The van der Waals surface area contributed by atoms with Gasteiger partial charge in [0.15, 0.2) is 0 Å². The minimum absolute atomic E-state index is 0.0578. The van der Waals surface area contributed by atoms with E-state index in [-0.39, 0.29) is 5.82 Å². The van der Waals surface area contributed by atoms with E-state index in [0.29, 0.717) is 5.52 Å². The minimum Gasteiger partial charge on any atom is -0.296 e. The highest BCUT2D eigenvalue weighted by Crippen LogP contribution is 2.48. The molecule has 0 saturated carbocycles. The van der Waals surface area contributed by atoms with Crippen LogP contribution in [0.5, 0.6) is 0 Å². The Morgan fingerprint density at radius 1 is 0.535 bits per heavy atom. The Bertz CT molecular complexity index is 2590. The summed E-state index contributed by atoms with van der Waals surface area (Å²) in [6, 6.07) is 48.3. The molecule has 7 aromatic carbocycles. The summed E-state index contributed by atoms with van der Waals surface area (Å²) in [5.41, 5.74) is 6.66. The summed E-state index contributed by atoms with van der Waals surface area (Å²) in [6.45, 7) is -2.40. The van der Waals surface area contributed by atoms with Gasteiger partial charge in [-0.25, -0.2) is 4.98 Å². The standard InChI is InChI=1S/C40H26N2S/c1-25-41-33-20-8-10-22-35(33)42(25)34-21-9-6-17-30(34)38-26-13-2-4-15-28(26)39(29-16-5-3-14-27(29)38)32-19-12-24-37-40(32)31-18-7-11-23-36(31)43-37/h2-24H,1H3/i1D3. The molecule has 0 aliphatic rings. The number of aryl methyl sites for hydroxylation is 1. The largest absolute Gasteiger partial charge is 0.296 e. The van der Waals surface area contributed by atoms with E-state index in [1.807, 2.05) is 58.4 Å². The molecule has 3 heteroatoms. The van der Waals surface area contributed by atoms with E-state index in [0.717, 1.165) is 43.9 Å². The Hall–Kier alpha value is -5.25. The van der Waals surface area contributed by atoms with Crippen LogP contribution < -0.4 is 0 Å². The summed E-state index contributed by atoms with van der Waals surface area (Å²) >= 11 is 1.83. The molecule has 0 aliphatic carbocycles. The number of benzene rings is 7. The van der Waals surface area contributed by atoms with E-state index >= 15 is 0 Å². The van der Waals surface area contributed by atoms with E-state index in [9.17, 15) is 0 Å². The van der Waals surface area contributed by atoms with Gasteiger partial charge in [0.2, 0.25) is 0 Å². The van der Waals surface area contributed by atoms with Gasteiger partial charge in [-0.2, -0.15) is 0 Å². The second-order valence-electron chi connectivity index (χ2n) is 10.9. The number of hydrogen-bond donors (Lipinski definition) is 0. The summed E-state index contributed by atoms with van der Waals surface area (Å²) in [4.78, 5) is 4.62. The van der Waals surface area contributed by atoms with Crippen molar-refractivity contribution in [1.82, 2.24) is 9.55 Å². The number of para-hydroxylation sites is 3. The lowest BCUT2D eigenvalue weighted by atomic mass is 9.84. The van der Waals surface area contributed by atoms with Crippen molar-refractivity contribution < 1.29 is 4.11 Å². The predicted molar refractivity (Wildman–Crippen MR) is 185 cm³/mol. The molecule has 0 atom stereocenters. The first-order valence-electron chi connectivity index (χ1n) is 15.9. The fraction of sp³-hybridized carbons (Fsp3) is 0.0250. The van der Waals surface area contributed by atoms with Gasteiger partial charge in [0, 0.05) is 29.8 Å². The van der Waals surface area contributed by atoms with Gasteiger partial charge in [-0.15, -0.1) is 11.3 Å². The number of aromatic nitrogens is 2. The molecule has 0 bridgehead atoms. The molecule has 0 amide bonds. The van der Waals surface area contributed by atoms with Gasteiger partial charge in [0.1, 0.15) is 5.82 Å². The molecule has 9 rings (SSSR count). The molecule has 0 saturated heterocycles. The van der Waals surface area contributed by atoms with Gasteiger partial charge in [-0.1, -0.05) is 109 Å². The van der Waals surface area contributed by atoms with Gasteiger partial charge in [0.25, 0.3) is 0 Å². The molecule has 0 spiro atoms. The maximum Gasteiger partial charge on any atom is 0.111 e. The average Bonchev–Trinajstić information content (AvgIpc) is 3.67. The second kappa shape index (κ2) is 9.38. The highest BCUT2D eigenvalue weighted by Gasteiger charge is 2.22. The number of thiophene rings is 1. The van der Waals surface area contributed by atoms with Crippen molar-refractivity contribution in [2.24, 2.45) is 0 Å². The van der Waals surface area contributed by atoms with E-state index in [1.54, 1.807) is 0 Å². The van der Waals surface area contributed by atoms with Crippen LogP contribution in [-0.2, 0) is 0 Å². The molecular formula is C40H26N2S. The van der Waals surface area contributed by atoms with Crippen LogP contribution in [0.3, 0.4) is 0 Å². The fourth-order valence-electron chi connectivity index (χ4n) is 6.84. The predicted octanol–water partition coefficient (Wildman–Crippen LogP) is 11.3.